The third-order valence-corrected chi connectivity index (χ3v) is 0.652. The van der Waals surface area contributed by atoms with Gasteiger partial charge in [-0.1, -0.05) is 4.94 Å². The molecule has 8 heteroatoms. The van der Waals surface area contributed by atoms with E-state index in [9.17, 15) is 0 Å². The first-order valence-corrected chi connectivity index (χ1v) is 2.33. The predicted octanol–water partition coefficient (Wildman–Crippen LogP) is -0.974. The van der Waals surface area contributed by atoms with E-state index in [1.54, 1.807) is 0 Å². The molecule has 0 aromatic rings. The maximum Gasteiger partial charge on any atom is 0.119 e. The van der Waals surface area contributed by atoms with E-state index in [4.69, 9.17) is 5.21 Å². The minimum Gasteiger partial charge on any atom is -0.263 e. The van der Waals surface area contributed by atoms with Crippen molar-refractivity contribution in [2.45, 2.75) is 0 Å². The zero-order valence-electron chi connectivity index (χ0n) is 5.42. The molecule has 0 aromatic heterocycles. The molecule has 8 nitrogen and oxygen atoms in total. The van der Waals surface area contributed by atoms with Crippen molar-refractivity contribution in [2.24, 2.45) is 0 Å². The molecule has 1 aliphatic heterocycles. The summed E-state index contributed by atoms with van der Waals surface area (Å²) in [4.78, 5) is 17.4. The lowest BCUT2D eigenvalue weighted by molar-refractivity contribution is -0.800. The smallest absolute Gasteiger partial charge is 0.119 e. The highest BCUT2D eigenvalue weighted by Crippen LogP contribution is 2.06. The van der Waals surface area contributed by atoms with Crippen LogP contribution >= 0.6 is 0 Å². The van der Waals surface area contributed by atoms with Crippen molar-refractivity contribution in [3.63, 3.8) is 0 Å². The van der Waals surface area contributed by atoms with Crippen molar-refractivity contribution in [1.82, 2.24) is 16.0 Å². The van der Waals surface area contributed by atoms with Gasteiger partial charge < -0.3 is 0 Å². The maximum absolute atomic E-state index is 8.53. The monoisotopic (exact) mass is 153 g/mol. The minimum atomic E-state index is 0.0625. The van der Waals surface area contributed by atoms with Crippen LogP contribution in [0.1, 0.15) is 0 Å². The van der Waals surface area contributed by atoms with Gasteiger partial charge >= 0.3 is 0 Å². The molecule has 0 aliphatic carbocycles. The summed E-state index contributed by atoms with van der Waals surface area (Å²) in [5.74, 6) is 0. The molecule has 0 unspecified atom stereocenters. The third-order valence-electron chi connectivity index (χ3n) is 0.652. The fraction of sp³-hybridized carbons (Fsp3) is 1.00. The normalized spacial score (nSPS) is 25.5. The molecule has 1 saturated heterocycles. The predicted molar refractivity (Wildman–Crippen MR) is 23.5 cm³/mol. The van der Waals surface area contributed by atoms with Gasteiger partial charge in [0.25, 0.3) is 0 Å². The van der Waals surface area contributed by atoms with Crippen molar-refractivity contribution < 1.29 is 24.9 Å². The van der Waals surface area contributed by atoms with Crippen molar-refractivity contribution in [3.8, 4) is 0 Å². The highest BCUT2D eigenvalue weighted by atomic mass is 17.4. The fourth-order valence-electron chi connectivity index (χ4n) is 0.361. The summed E-state index contributed by atoms with van der Waals surface area (Å²) < 4.78 is 0. The number of hydrogen-bond donors (Lipinski definition) is 1. The number of hydroxylamine groups is 2. The largest absolute Gasteiger partial charge is 0.263 e. The van der Waals surface area contributed by atoms with Gasteiger partial charge in [0.2, 0.25) is 0 Å². The molecule has 0 aromatic carbocycles. The van der Waals surface area contributed by atoms with E-state index in [2.05, 4.69) is 19.7 Å². The molecule has 1 N–H and O–H groups in total. The third kappa shape index (κ3) is 1.83. The van der Waals surface area contributed by atoms with Gasteiger partial charge in [-0.2, -0.15) is 0 Å². The van der Waals surface area contributed by atoms with Gasteiger partial charge in [-0.05, 0) is 5.23 Å². The van der Waals surface area contributed by atoms with E-state index >= 15 is 0 Å². The van der Waals surface area contributed by atoms with E-state index in [-0.39, 0.29) is 5.39 Å². The summed E-state index contributed by atoms with van der Waals surface area (Å²) >= 11 is 0. The van der Waals surface area contributed by atoms with Crippen molar-refractivity contribution in [2.75, 3.05) is 14.2 Å². The van der Waals surface area contributed by atoms with Crippen LogP contribution in [0, 0.1) is 0 Å². The summed E-state index contributed by atoms with van der Waals surface area (Å²) in [6.45, 7) is 0. The lowest BCUT2D eigenvalue weighted by Crippen LogP contribution is -2.46. The lowest BCUT2D eigenvalue weighted by atomic mass is 11.5. The van der Waals surface area contributed by atoms with Gasteiger partial charge in [0.15, 0.2) is 0 Å². The van der Waals surface area contributed by atoms with Crippen LogP contribution in [-0.4, -0.2) is 35.4 Å². The van der Waals surface area contributed by atoms with Gasteiger partial charge in [-0.25, -0.2) is 0 Å². The summed E-state index contributed by atoms with van der Waals surface area (Å²) in [6.07, 6.45) is 0. The number of nitrogens with zero attached hydrogens (tertiary/aromatic N) is 3. The molecule has 0 spiro atoms. The Hall–Kier alpha value is -0.320. The van der Waals surface area contributed by atoms with E-state index < -0.39 is 0 Å². The zero-order valence-corrected chi connectivity index (χ0v) is 5.42. The second-order valence-corrected chi connectivity index (χ2v) is 1.33. The quantitative estimate of drug-likeness (QED) is 0.516. The van der Waals surface area contributed by atoms with Crippen LogP contribution in [0.3, 0.4) is 0 Å². The Morgan fingerprint density at radius 3 is 2.50 bits per heavy atom. The Labute approximate surface area is 56.3 Å². The molecule has 0 amide bonds. The molecule has 1 rings (SSSR count). The molecule has 1 fully saturated rings. The highest BCUT2D eigenvalue weighted by molar-refractivity contribution is 3.90. The van der Waals surface area contributed by atoms with E-state index in [0.717, 1.165) is 5.23 Å². The highest BCUT2D eigenvalue weighted by Gasteiger charge is 2.24. The van der Waals surface area contributed by atoms with E-state index in [1.807, 2.05) is 0 Å². The Kier molecular flexibility index (Phi) is 2.48. The van der Waals surface area contributed by atoms with Gasteiger partial charge in [-0.15, -0.1) is 9.88 Å². The Balaban J connectivity index is 2.35. The van der Waals surface area contributed by atoms with E-state index in [1.165, 1.54) is 14.2 Å². The first kappa shape index (κ1) is 7.78. The molecule has 0 saturated carbocycles. The Morgan fingerprint density at radius 2 is 2.00 bits per heavy atom. The number of rotatable bonds is 1. The van der Waals surface area contributed by atoms with E-state index in [0.29, 0.717) is 5.39 Å². The number of hydrogen-bond acceptors (Lipinski definition) is 8. The summed E-state index contributed by atoms with van der Waals surface area (Å²) in [5.41, 5.74) is 0. The lowest BCUT2D eigenvalue weighted by Gasteiger charge is -2.29. The molecule has 1 heterocycles. The van der Waals surface area contributed by atoms with Crippen LogP contribution in [0.15, 0.2) is 0 Å². The molecular weight excluding hydrogens is 146 g/mol. The first-order valence-electron chi connectivity index (χ1n) is 2.33. The van der Waals surface area contributed by atoms with Crippen LogP contribution in [0.4, 0.5) is 0 Å². The molecule has 0 radical (unpaired) electrons. The average Bonchev–Trinajstić information content (AvgIpc) is 1.85. The van der Waals surface area contributed by atoms with Gasteiger partial charge in [-0.3, -0.25) is 10.0 Å². The fourth-order valence-corrected chi connectivity index (χ4v) is 0.361. The topological polar surface area (TPSA) is 66.9 Å². The van der Waals surface area contributed by atoms with Crippen molar-refractivity contribution in [3.05, 3.63) is 0 Å². The summed E-state index contributed by atoms with van der Waals surface area (Å²) in [6, 6.07) is 0. The zero-order chi connectivity index (χ0) is 7.56. The van der Waals surface area contributed by atoms with Crippen LogP contribution in [0.25, 0.3) is 0 Å². The molecule has 0 atom stereocenters. The Bertz CT molecular complexity index is 101. The van der Waals surface area contributed by atoms with Crippen LogP contribution in [-0.2, 0) is 19.7 Å². The average molecular weight is 153 g/mol. The summed E-state index contributed by atoms with van der Waals surface area (Å²) in [7, 11) is 2.67. The van der Waals surface area contributed by atoms with Gasteiger partial charge in [0, 0.05) is 7.05 Å². The van der Waals surface area contributed by atoms with Crippen molar-refractivity contribution in [1.29, 1.82) is 0 Å². The van der Waals surface area contributed by atoms with Crippen molar-refractivity contribution >= 4 is 0 Å². The molecule has 0 bridgehead atoms. The maximum atomic E-state index is 8.53. The van der Waals surface area contributed by atoms with Gasteiger partial charge in [0.1, 0.15) is 10.8 Å². The first-order chi connectivity index (χ1) is 4.72. The van der Waals surface area contributed by atoms with Crippen LogP contribution in [0.2, 0.25) is 0 Å². The standard InChI is InChI=1S/C2H7N3O5/c1-3-8-4(6)10-5(7-2)9-3/h6H,1-2H3. The summed E-state index contributed by atoms with van der Waals surface area (Å²) in [5, 5.41) is 9.93. The molecule has 60 valence electrons. The minimum absolute atomic E-state index is 0.0625. The molecule has 1 aliphatic rings. The second kappa shape index (κ2) is 3.18. The SMILES string of the molecule is CON1ON(C)ON(O)O1. The molecular formula is C2H7N3O5. The van der Waals surface area contributed by atoms with Crippen LogP contribution < -0.4 is 0 Å². The second-order valence-electron chi connectivity index (χ2n) is 1.33. The Morgan fingerprint density at radius 1 is 1.30 bits per heavy atom. The van der Waals surface area contributed by atoms with Crippen LogP contribution in [0.5, 0.6) is 0 Å². The van der Waals surface area contributed by atoms with Gasteiger partial charge in [0.05, 0.1) is 7.11 Å². The molecule has 10 heavy (non-hydrogen) atoms.